The fraction of sp³-hybridized carbons (Fsp3) is 0.800. The van der Waals surface area contributed by atoms with Crippen molar-refractivity contribution in [3.05, 3.63) is 0 Å². The molecular weight excluding hydrogens is 286 g/mol. The maximum absolute atomic E-state index is 12.7. The molecule has 3 rings (SSSR count). The topological polar surface area (TPSA) is 127 Å². The molecule has 0 aliphatic heterocycles. The number of rotatable bonds is 7. The third kappa shape index (κ3) is 3.01. The Morgan fingerprint density at radius 1 is 1.14 bits per heavy atom. The number of carboxylic acids is 1. The van der Waals surface area contributed by atoms with Crippen molar-refractivity contribution in [2.75, 3.05) is 0 Å². The highest BCUT2D eigenvalue weighted by Crippen LogP contribution is 2.48. The Morgan fingerprint density at radius 3 is 2.00 bits per heavy atom. The molecule has 3 saturated carbocycles. The van der Waals surface area contributed by atoms with E-state index in [2.05, 4.69) is 0 Å². The predicted molar refractivity (Wildman–Crippen MR) is 77.5 cm³/mol. The Bertz CT molecular complexity index is 497. The molecule has 0 bridgehead atoms. The van der Waals surface area contributed by atoms with Crippen molar-refractivity contribution in [3.8, 4) is 0 Å². The van der Waals surface area contributed by atoms with Gasteiger partial charge in [0.1, 0.15) is 0 Å². The molecule has 3 fully saturated rings. The number of hydrogen-bond donors (Lipinski definition) is 3. The van der Waals surface area contributed by atoms with Gasteiger partial charge >= 0.3 is 5.97 Å². The van der Waals surface area contributed by atoms with Crippen molar-refractivity contribution >= 4 is 17.8 Å². The smallest absolute Gasteiger partial charge is 0.305 e. The number of nitrogens with two attached hydrogens (primary N) is 2. The molecule has 2 amide bonds. The first-order valence-corrected chi connectivity index (χ1v) is 7.97. The minimum Gasteiger partial charge on any atom is -0.481 e. The van der Waals surface area contributed by atoms with Crippen LogP contribution in [0.2, 0.25) is 0 Å². The van der Waals surface area contributed by atoms with Gasteiger partial charge in [-0.1, -0.05) is 0 Å². The molecule has 0 aromatic carbocycles. The Morgan fingerprint density at radius 2 is 1.64 bits per heavy atom. The van der Waals surface area contributed by atoms with E-state index in [4.69, 9.17) is 16.6 Å². The zero-order chi connectivity index (χ0) is 16.1. The molecule has 0 heterocycles. The van der Waals surface area contributed by atoms with E-state index in [1.54, 1.807) is 0 Å². The first-order chi connectivity index (χ1) is 10.3. The molecule has 7 nitrogen and oxygen atoms in total. The Hall–Kier alpha value is -1.47. The lowest BCUT2D eigenvalue weighted by Crippen LogP contribution is -2.58. The summed E-state index contributed by atoms with van der Waals surface area (Å²) in [5.74, 6) is -1.41. The number of aliphatic carboxylic acids is 1. The minimum absolute atomic E-state index is 0.138. The molecule has 1 atom stereocenters. The maximum atomic E-state index is 12.7. The Kier molecular flexibility index (Phi) is 3.72. The van der Waals surface area contributed by atoms with Gasteiger partial charge in [-0.05, 0) is 50.4 Å². The molecular formula is C15H23N3O4. The van der Waals surface area contributed by atoms with Crippen LogP contribution in [0.1, 0.15) is 44.9 Å². The SMILES string of the molecule is N[C@@H](CC(=O)O)C(=O)N(C(=O)C1(N)CC1)C(C1CC1)C1CC1. The average molecular weight is 309 g/mol. The van der Waals surface area contributed by atoms with Crippen LogP contribution in [-0.4, -0.2) is 45.4 Å². The van der Waals surface area contributed by atoms with Gasteiger partial charge in [-0.15, -0.1) is 0 Å². The second-order valence-corrected chi connectivity index (χ2v) is 7.04. The van der Waals surface area contributed by atoms with Crippen molar-refractivity contribution < 1.29 is 19.5 Å². The van der Waals surface area contributed by atoms with Crippen molar-refractivity contribution in [3.63, 3.8) is 0 Å². The van der Waals surface area contributed by atoms with Crippen molar-refractivity contribution in [1.82, 2.24) is 4.90 Å². The molecule has 3 aliphatic rings. The summed E-state index contributed by atoms with van der Waals surface area (Å²) in [4.78, 5) is 37.5. The second-order valence-electron chi connectivity index (χ2n) is 7.04. The average Bonchev–Trinajstić information content (AvgIpc) is 3.29. The summed E-state index contributed by atoms with van der Waals surface area (Å²) in [6, 6.07) is -1.33. The van der Waals surface area contributed by atoms with Crippen molar-refractivity contribution in [2.45, 2.75) is 62.6 Å². The number of carbonyl (C=O) groups excluding carboxylic acids is 2. The number of carbonyl (C=O) groups is 3. The van der Waals surface area contributed by atoms with Crippen LogP contribution in [0.4, 0.5) is 0 Å². The minimum atomic E-state index is -1.19. The molecule has 0 aromatic rings. The molecule has 0 unspecified atom stereocenters. The van der Waals surface area contributed by atoms with Crippen molar-refractivity contribution in [2.24, 2.45) is 23.3 Å². The monoisotopic (exact) mass is 309 g/mol. The second kappa shape index (κ2) is 5.31. The largest absolute Gasteiger partial charge is 0.481 e. The highest BCUT2D eigenvalue weighted by Gasteiger charge is 2.56. The summed E-state index contributed by atoms with van der Waals surface area (Å²) in [6.07, 6.45) is 4.70. The number of amides is 2. The van der Waals surface area contributed by atoms with Gasteiger partial charge in [0.15, 0.2) is 0 Å². The van der Waals surface area contributed by atoms with E-state index in [9.17, 15) is 14.4 Å². The molecule has 7 heteroatoms. The Labute approximate surface area is 129 Å². The standard InChI is InChI=1S/C15H23N3O4/c16-10(7-11(19)20)13(21)18(14(22)15(17)5-6-15)12(8-1-2-8)9-3-4-9/h8-10,12H,1-7,16-17H2,(H,19,20)/t10-/m0/s1. The van der Waals surface area contributed by atoms with Crippen LogP contribution >= 0.6 is 0 Å². The molecule has 0 aromatic heterocycles. The van der Waals surface area contributed by atoms with E-state index in [-0.39, 0.29) is 11.9 Å². The van der Waals surface area contributed by atoms with E-state index in [1.807, 2.05) is 0 Å². The van der Waals surface area contributed by atoms with Gasteiger partial charge in [-0.25, -0.2) is 0 Å². The summed E-state index contributed by atoms with van der Waals surface area (Å²) >= 11 is 0. The van der Waals surface area contributed by atoms with Crippen LogP contribution < -0.4 is 11.5 Å². The molecule has 22 heavy (non-hydrogen) atoms. The summed E-state index contributed by atoms with van der Waals surface area (Å²) in [6.45, 7) is 0. The van der Waals surface area contributed by atoms with E-state index in [1.165, 1.54) is 4.90 Å². The Balaban J connectivity index is 1.83. The number of imide groups is 1. The highest BCUT2D eigenvalue weighted by atomic mass is 16.4. The summed E-state index contributed by atoms with van der Waals surface area (Å²) < 4.78 is 0. The molecule has 0 spiro atoms. The lowest BCUT2D eigenvalue weighted by Gasteiger charge is -2.34. The third-order valence-corrected chi connectivity index (χ3v) is 4.89. The number of hydrogen-bond acceptors (Lipinski definition) is 5. The van der Waals surface area contributed by atoms with Crippen LogP contribution in [0.15, 0.2) is 0 Å². The molecule has 5 N–H and O–H groups in total. The molecule has 0 radical (unpaired) electrons. The van der Waals surface area contributed by atoms with Crippen LogP contribution in [0.25, 0.3) is 0 Å². The van der Waals surface area contributed by atoms with Gasteiger partial charge in [0.25, 0.3) is 0 Å². The zero-order valence-electron chi connectivity index (χ0n) is 12.5. The van der Waals surface area contributed by atoms with Crippen LogP contribution in [0.5, 0.6) is 0 Å². The lowest BCUT2D eigenvalue weighted by molar-refractivity contribution is -0.153. The highest BCUT2D eigenvalue weighted by molar-refractivity contribution is 6.04. The maximum Gasteiger partial charge on any atom is 0.305 e. The van der Waals surface area contributed by atoms with Crippen molar-refractivity contribution in [1.29, 1.82) is 0 Å². The fourth-order valence-corrected chi connectivity index (χ4v) is 3.11. The van der Waals surface area contributed by atoms with Gasteiger partial charge in [0.05, 0.1) is 18.0 Å². The molecule has 122 valence electrons. The number of carboxylic acid groups (broad SMARTS) is 1. The summed E-state index contributed by atoms with van der Waals surface area (Å²) in [7, 11) is 0. The van der Waals surface area contributed by atoms with Gasteiger partial charge in [-0.2, -0.15) is 0 Å². The third-order valence-electron chi connectivity index (χ3n) is 4.89. The first-order valence-electron chi connectivity index (χ1n) is 7.97. The zero-order valence-corrected chi connectivity index (χ0v) is 12.5. The van der Waals surface area contributed by atoms with Gasteiger partial charge in [-0.3, -0.25) is 19.3 Å². The summed E-state index contributed by atoms with van der Waals surface area (Å²) in [5.41, 5.74) is 10.8. The predicted octanol–water partition coefficient (Wildman–Crippen LogP) is -0.176. The van der Waals surface area contributed by atoms with Crippen LogP contribution in [-0.2, 0) is 14.4 Å². The first kappa shape index (κ1) is 15.4. The van der Waals surface area contributed by atoms with E-state index in [0.717, 1.165) is 25.7 Å². The van der Waals surface area contributed by atoms with Gasteiger partial charge in [0.2, 0.25) is 11.8 Å². The van der Waals surface area contributed by atoms with Crippen LogP contribution in [0, 0.1) is 11.8 Å². The van der Waals surface area contributed by atoms with E-state index in [0.29, 0.717) is 24.7 Å². The summed E-state index contributed by atoms with van der Waals surface area (Å²) in [5, 5.41) is 8.85. The normalized spacial score (nSPS) is 24.0. The number of nitrogens with zero attached hydrogens (tertiary/aromatic N) is 1. The van der Waals surface area contributed by atoms with Gasteiger partial charge in [0, 0.05) is 6.04 Å². The van der Waals surface area contributed by atoms with Gasteiger partial charge < -0.3 is 16.6 Å². The van der Waals surface area contributed by atoms with E-state index < -0.39 is 29.9 Å². The quantitative estimate of drug-likeness (QED) is 0.599. The van der Waals surface area contributed by atoms with E-state index >= 15 is 0 Å². The fourth-order valence-electron chi connectivity index (χ4n) is 3.11. The molecule has 3 aliphatic carbocycles. The van der Waals surface area contributed by atoms with Crippen LogP contribution in [0.3, 0.4) is 0 Å². The lowest BCUT2D eigenvalue weighted by atomic mass is 10.0. The molecule has 0 saturated heterocycles.